The van der Waals surface area contributed by atoms with Gasteiger partial charge >= 0.3 is 0 Å². The molecule has 4 aromatic rings. The summed E-state index contributed by atoms with van der Waals surface area (Å²) in [6, 6.07) is 6.97. The molecule has 3 atom stereocenters. The lowest BCUT2D eigenvalue weighted by Gasteiger charge is -2.24. The molecule has 1 aliphatic heterocycles. The van der Waals surface area contributed by atoms with Crippen LogP contribution in [0.2, 0.25) is 5.15 Å². The Hall–Kier alpha value is -3.64. The second-order valence-corrected chi connectivity index (χ2v) is 11.5. The Bertz CT molecular complexity index is 1690. The van der Waals surface area contributed by atoms with Crippen molar-refractivity contribution in [2.45, 2.75) is 32.7 Å². The largest absolute Gasteiger partial charge is 0.377 e. The Morgan fingerprint density at radius 3 is 2.60 bits per heavy atom. The van der Waals surface area contributed by atoms with E-state index in [1.807, 2.05) is 26.0 Å². The van der Waals surface area contributed by atoms with Crippen molar-refractivity contribution in [2.75, 3.05) is 29.6 Å². The van der Waals surface area contributed by atoms with E-state index in [9.17, 15) is 9.59 Å². The van der Waals surface area contributed by atoms with E-state index in [1.165, 1.54) is 11.9 Å². The van der Waals surface area contributed by atoms with Gasteiger partial charge in [0.1, 0.15) is 5.15 Å². The van der Waals surface area contributed by atoms with E-state index in [-0.39, 0.29) is 28.4 Å². The number of nitrogens with one attached hydrogen (secondary N) is 2. The number of rotatable bonds is 7. The number of benzene rings is 1. The number of carbonyl (C=O) groups is 1. The number of piperidine rings is 1. The highest BCUT2D eigenvalue weighted by molar-refractivity contribution is 7.97. The number of carbonyl (C=O) groups excluding carboxylic acids is 1. The minimum atomic E-state index is -0.352. The molecule has 6 rings (SSSR count). The SMILES string of the molecule is CSNC(=O)c1nc(Cl)ccc1NC(C)c1cc(C)cc2c(=O)n(C)c(N3CC4C(C3)C4c3noc(C)n3)nc12. The number of anilines is 2. The zero-order chi connectivity index (χ0) is 28.3. The van der Waals surface area contributed by atoms with E-state index in [0.717, 1.165) is 30.0 Å². The van der Waals surface area contributed by atoms with Gasteiger partial charge in [-0.1, -0.05) is 34.8 Å². The molecule has 208 valence electrons. The molecule has 2 aliphatic rings. The molecule has 4 heterocycles. The van der Waals surface area contributed by atoms with Gasteiger partial charge < -0.3 is 14.7 Å². The van der Waals surface area contributed by atoms with Crippen LogP contribution >= 0.6 is 23.5 Å². The van der Waals surface area contributed by atoms with Crippen LogP contribution in [0.15, 0.2) is 33.6 Å². The van der Waals surface area contributed by atoms with Crippen LogP contribution in [0.1, 0.15) is 52.2 Å². The summed E-state index contributed by atoms with van der Waals surface area (Å²) in [5.41, 5.74) is 3.05. The van der Waals surface area contributed by atoms with Gasteiger partial charge in [-0.3, -0.25) is 18.9 Å². The molecule has 0 radical (unpaired) electrons. The highest BCUT2D eigenvalue weighted by Gasteiger charge is 2.59. The van der Waals surface area contributed by atoms with Crippen molar-refractivity contribution < 1.29 is 9.32 Å². The van der Waals surface area contributed by atoms with Gasteiger partial charge in [0.15, 0.2) is 11.5 Å². The minimum Gasteiger partial charge on any atom is -0.377 e. The van der Waals surface area contributed by atoms with Gasteiger partial charge in [0.25, 0.3) is 11.5 Å². The average molecular weight is 581 g/mol. The summed E-state index contributed by atoms with van der Waals surface area (Å²) in [5, 5.41) is 8.29. The second-order valence-electron chi connectivity index (χ2n) is 10.5. The van der Waals surface area contributed by atoms with Gasteiger partial charge in [-0.15, -0.1) is 0 Å². The molecule has 40 heavy (non-hydrogen) atoms. The number of hydrogen-bond donors (Lipinski definition) is 2. The van der Waals surface area contributed by atoms with Crippen LogP contribution in [0, 0.1) is 25.7 Å². The van der Waals surface area contributed by atoms with Crippen molar-refractivity contribution in [3.05, 3.63) is 68.3 Å². The van der Waals surface area contributed by atoms with E-state index >= 15 is 0 Å². The van der Waals surface area contributed by atoms with Crippen LogP contribution in [0.4, 0.5) is 11.6 Å². The highest BCUT2D eigenvalue weighted by Crippen LogP contribution is 2.57. The Morgan fingerprint density at radius 2 is 1.93 bits per heavy atom. The molecule has 2 fully saturated rings. The van der Waals surface area contributed by atoms with Crippen molar-refractivity contribution in [1.82, 2.24) is 29.4 Å². The number of nitrogens with zero attached hydrogens (tertiary/aromatic N) is 6. The van der Waals surface area contributed by atoms with Crippen LogP contribution < -0.4 is 20.5 Å². The van der Waals surface area contributed by atoms with Gasteiger partial charge in [-0.25, -0.2) is 9.97 Å². The van der Waals surface area contributed by atoms with Crippen LogP contribution in [0.5, 0.6) is 0 Å². The predicted molar refractivity (Wildman–Crippen MR) is 155 cm³/mol. The standard InChI is InChI=1S/C27H29ClN8O3S/c1-12-8-15(13(2)29-19-6-7-20(28)31-23(19)25(37)34-40-5)22-16(9-12)26(38)35(4)27(32-22)36-10-17-18(11-36)21(17)24-30-14(3)39-33-24/h6-9,13,17-18,21,29H,10-11H2,1-5H3,(H,34,37). The monoisotopic (exact) mass is 580 g/mol. The number of halogens is 1. The van der Waals surface area contributed by atoms with Crippen molar-refractivity contribution in [3.8, 4) is 0 Å². The lowest BCUT2D eigenvalue weighted by molar-refractivity contribution is 0.0980. The molecule has 3 aromatic heterocycles. The fraction of sp³-hybridized carbons (Fsp3) is 0.407. The molecule has 0 spiro atoms. The third-order valence-corrected chi connectivity index (χ3v) is 8.36. The number of amides is 1. The first-order valence-corrected chi connectivity index (χ1v) is 14.6. The van der Waals surface area contributed by atoms with Crippen LogP contribution in [0.25, 0.3) is 10.9 Å². The van der Waals surface area contributed by atoms with Crippen molar-refractivity contribution in [1.29, 1.82) is 0 Å². The Labute approximate surface area is 239 Å². The van der Waals surface area contributed by atoms with E-state index in [4.69, 9.17) is 21.1 Å². The van der Waals surface area contributed by atoms with Crippen LogP contribution in [-0.4, -0.2) is 49.9 Å². The van der Waals surface area contributed by atoms with E-state index in [2.05, 4.69) is 30.1 Å². The van der Waals surface area contributed by atoms with Crippen LogP contribution in [-0.2, 0) is 7.05 Å². The highest BCUT2D eigenvalue weighted by atomic mass is 35.5. The van der Waals surface area contributed by atoms with Gasteiger partial charge in [-0.05, 0) is 49.4 Å². The maximum Gasteiger partial charge on any atom is 0.281 e. The molecule has 1 amide bonds. The predicted octanol–water partition coefficient (Wildman–Crippen LogP) is 4.01. The first-order chi connectivity index (χ1) is 19.2. The summed E-state index contributed by atoms with van der Waals surface area (Å²) < 4.78 is 9.51. The van der Waals surface area contributed by atoms with E-state index < -0.39 is 0 Å². The quantitative estimate of drug-likeness (QED) is 0.244. The van der Waals surface area contributed by atoms with Gasteiger partial charge in [0.05, 0.1) is 22.6 Å². The molecule has 2 N–H and O–H groups in total. The molecule has 0 bridgehead atoms. The smallest absolute Gasteiger partial charge is 0.281 e. The average Bonchev–Trinajstić information content (AvgIpc) is 3.21. The van der Waals surface area contributed by atoms with Gasteiger partial charge in [0.2, 0.25) is 11.8 Å². The fourth-order valence-electron chi connectivity index (χ4n) is 5.85. The summed E-state index contributed by atoms with van der Waals surface area (Å²) in [7, 11) is 1.77. The van der Waals surface area contributed by atoms with E-state index in [0.29, 0.717) is 46.2 Å². The Morgan fingerprint density at radius 1 is 1.18 bits per heavy atom. The third-order valence-electron chi connectivity index (χ3n) is 7.76. The molecule has 1 saturated carbocycles. The summed E-state index contributed by atoms with van der Waals surface area (Å²) in [6.07, 6.45) is 1.76. The van der Waals surface area contributed by atoms with E-state index in [1.54, 1.807) is 36.9 Å². The molecular formula is C27H29ClN8O3S. The normalized spacial score (nSPS) is 20.4. The fourth-order valence-corrected chi connectivity index (χ4v) is 6.28. The second kappa shape index (κ2) is 10.1. The zero-order valence-corrected chi connectivity index (χ0v) is 24.3. The molecule has 1 aliphatic carbocycles. The number of pyridine rings is 1. The minimum absolute atomic E-state index is 0.101. The zero-order valence-electron chi connectivity index (χ0n) is 22.7. The molecular weight excluding hydrogens is 552 g/mol. The van der Waals surface area contributed by atoms with Crippen molar-refractivity contribution in [3.63, 3.8) is 0 Å². The summed E-state index contributed by atoms with van der Waals surface area (Å²) in [6.45, 7) is 7.27. The Kier molecular flexibility index (Phi) is 6.70. The first-order valence-electron chi connectivity index (χ1n) is 13.0. The summed E-state index contributed by atoms with van der Waals surface area (Å²) in [5.74, 6) is 2.74. The molecule has 1 saturated heterocycles. The lowest BCUT2D eigenvalue weighted by Crippen LogP contribution is -2.32. The van der Waals surface area contributed by atoms with Crippen molar-refractivity contribution in [2.24, 2.45) is 18.9 Å². The number of aryl methyl sites for hydroxylation is 2. The molecule has 13 heteroatoms. The molecule has 3 unspecified atom stereocenters. The summed E-state index contributed by atoms with van der Waals surface area (Å²) in [4.78, 5) is 42.1. The summed E-state index contributed by atoms with van der Waals surface area (Å²) >= 11 is 7.28. The van der Waals surface area contributed by atoms with Crippen LogP contribution in [0.3, 0.4) is 0 Å². The maximum atomic E-state index is 13.6. The topological polar surface area (TPSA) is 131 Å². The number of fused-ring (bicyclic) bond motifs is 2. The maximum absolute atomic E-state index is 13.6. The molecule has 11 nitrogen and oxygen atoms in total. The van der Waals surface area contributed by atoms with Crippen molar-refractivity contribution >= 4 is 52.0 Å². The van der Waals surface area contributed by atoms with Gasteiger partial charge in [-0.2, -0.15) is 4.98 Å². The number of hydrogen-bond acceptors (Lipinski definition) is 10. The first kappa shape index (κ1) is 26.6. The van der Waals surface area contributed by atoms with Gasteiger partial charge in [0, 0.05) is 44.8 Å². The number of aromatic nitrogens is 5. The Balaban J connectivity index is 1.33. The molecule has 1 aromatic carbocycles. The lowest BCUT2D eigenvalue weighted by atomic mass is 10.0. The third kappa shape index (κ3) is 4.58.